The van der Waals surface area contributed by atoms with Crippen molar-refractivity contribution >= 4 is 22.6 Å². The second-order valence-electron chi connectivity index (χ2n) is 2.74. The summed E-state index contributed by atoms with van der Waals surface area (Å²) >= 11 is 2.43. The molecule has 0 aromatic carbocycles. The third kappa shape index (κ3) is 4.14. The number of halogens is 1. The first-order valence-electron chi connectivity index (χ1n) is 3.48. The van der Waals surface area contributed by atoms with E-state index in [1.54, 1.807) is 0 Å². The maximum atomic E-state index is 5.44. The molecule has 1 atom stereocenters. The van der Waals surface area contributed by atoms with E-state index in [0.717, 1.165) is 18.4 Å². The zero-order valence-electron chi connectivity index (χ0n) is 6.23. The molecule has 0 aromatic rings. The quantitative estimate of drug-likeness (QED) is 0.591. The molecule has 0 saturated carbocycles. The first kappa shape index (κ1) is 9.69. The smallest absolute Gasteiger partial charge is 0.00266 e. The van der Waals surface area contributed by atoms with Crippen LogP contribution in [-0.2, 0) is 0 Å². The van der Waals surface area contributed by atoms with E-state index in [1.165, 1.54) is 10.8 Å². The van der Waals surface area contributed by atoms with Gasteiger partial charge in [-0.05, 0) is 24.8 Å². The summed E-state index contributed by atoms with van der Waals surface area (Å²) in [5.74, 6) is 1.63. The first-order valence-corrected chi connectivity index (χ1v) is 5.01. The van der Waals surface area contributed by atoms with Crippen LogP contribution in [0.15, 0.2) is 0 Å². The fourth-order valence-corrected chi connectivity index (χ4v) is 2.26. The molecule has 0 rings (SSSR count). The van der Waals surface area contributed by atoms with E-state index in [-0.39, 0.29) is 0 Å². The van der Waals surface area contributed by atoms with Crippen molar-refractivity contribution in [2.45, 2.75) is 20.3 Å². The SMILES string of the molecule is CC(C)C(CI)CCN. The average Bonchev–Trinajstić information content (AvgIpc) is 1.82. The Labute approximate surface area is 71.5 Å². The second kappa shape index (κ2) is 5.47. The lowest BCUT2D eigenvalue weighted by molar-refractivity contribution is 0.410. The largest absolute Gasteiger partial charge is 0.330 e. The molecule has 0 heterocycles. The van der Waals surface area contributed by atoms with Crippen LogP contribution in [0.3, 0.4) is 0 Å². The van der Waals surface area contributed by atoms with Crippen LogP contribution in [0.5, 0.6) is 0 Å². The molecular formula is C7H16IN. The van der Waals surface area contributed by atoms with Gasteiger partial charge in [-0.25, -0.2) is 0 Å². The topological polar surface area (TPSA) is 26.0 Å². The van der Waals surface area contributed by atoms with Gasteiger partial charge in [0.05, 0.1) is 0 Å². The van der Waals surface area contributed by atoms with Crippen LogP contribution in [0, 0.1) is 11.8 Å². The molecule has 0 aliphatic heterocycles. The summed E-state index contributed by atoms with van der Waals surface area (Å²) in [6.45, 7) is 5.36. The molecule has 1 nitrogen and oxygen atoms in total. The minimum Gasteiger partial charge on any atom is -0.330 e. The molecule has 2 heteroatoms. The molecule has 1 unspecified atom stereocenters. The highest BCUT2D eigenvalue weighted by atomic mass is 127. The van der Waals surface area contributed by atoms with Crippen LogP contribution in [-0.4, -0.2) is 11.0 Å². The molecule has 0 bridgehead atoms. The molecule has 0 amide bonds. The third-order valence-electron chi connectivity index (χ3n) is 1.68. The summed E-state index contributed by atoms with van der Waals surface area (Å²) < 4.78 is 1.24. The van der Waals surface area contributed by atoms with Gasteiger partial charge in [0.1, 0.15) is 0 Å². The molecule has 9 heavy (non-hydrogen) atoms. The molecule has 0 aliphatic rings. The van der Waals surface area contributed by atoms with Gasteiger partial charge in [0, 0.05) is 4.43 Å². The van der Waals surface area contributed by atoms with E-state index in [0.29, 0.717) is 0 Å². The van der Waals surface area contributed by atoms with Gasteiger partial charge in [-0.2, -0.15) is 0 Å². The van der Waals surface area contributed by atoms with Crippen molar-refractivity contribution in [2.75, 3.05) is 11.0 Å². The van der Waals surface area contributed by atoms with Crippen molar-refractivity contribution in [3.63, 3.8) is 0 Å². The Kier molecular flexibility index (Phi) is 5.89. The van der Waals surface area contributed by atoms with E-state index in [1.807, 2.05) is 0 Å². The van der Waals surface area contributed by atoms with Gasteiger partial charge < -0.3 is 5.73 Å². The van der Waals surface area contributed by atoms with Crippen molar-refractivity contribution in [1.29, 1.82) is 0 Å². The number of nitrogens with two attached hydrogens (primary N) is 1. The zero-order chi connectivity index (χ0) is 7.28. The van der Waals surface area contributed by atoms with Crippen molar-refractivity contribution in [3.05, 3.63) is 0 Å². The van der Waals surface area contributed by atoms with E-state index in [2.05, 4.69) is 36.4 Å². The first-order chi connectivity index (χ1) is 4.22. The van der Waals surface area contributed by atoms with Gasteiger partial charge in [0.2, 0.25) is 0 Å². The highest BCUT2D eigenvalue weighted by Gasteiger charge is 2.09. The standard InChI is InChI=1S/C7H16IN/c1-6(2)7(5-8)3-4-9/h6-7H,3-5,9H2,1-2H3. The summed E-state index contributed by atoms with van der Waals surface area (Å²) in [4.78, 5) is 0. The van der Waals surface area contributed by atoms with Gasteiger partial charge >= 0.3 is 0 Å². The molecular weight excluding hydrogens is 225 g/mol. The molecule has 0 fully saturated rings. The Bertz CT molecular complexity index is 63.9. The lowest BCUT2D eigenvalue weighted by Crippen LogP contribution is -2.15. The lowest BCUT2D eigenvalue weighted by atomic mass is 9.95. The fraction of sp³-hybridized carbons (Fsp3) is 1.00. The summed E-state index contributed by atoms with van der Waals surface area (Å²) in [6.07, 6.45) is 1.18. The number of hydrogen-bond acceptors (Lipinski definition) is 1. The second-order valence-corrected chi connectivity index (χ2v) is 3.62. The van der Waals surface area contributed by atoms with E-state index in [9.17, 15) is 0 Å². The lowest BCUT2D eigenvalue weighted by Gasteiger charge is -2.16. The summed E-state index contributed by atoms with van der Waals surface area (Å²) in [7, 11) is 0. The Morgan fingerprint density at radius 3 is 2.11 bits per heavy atom. The molecule has 0 radical (unpaired) electrons. The van der Waals surface area contributed by atoms with Crippen molar-refractivity contribution < 1.29 is 0 Å². The van der Waals surface area contributed by atoms with Crippen LogP contribution in [0.2, 0.25) is 0 Å². The van der Waals surface area contributed by atoms with Gasteiger partial charge in [-0.1, -0.05) is 36.4 Å². The van der Waals surface area contributed by atoms with Crippen LogP contribution in [0.25, 0.3) is 0 Å². The number of alkyl halides is 1. The van der Waals surface area contributed by atoms with Crippen LogP contribution >= 0.6 is 22.6 Å². The minimum atomic E-state index is 0.797. The summed E-state index contributed by atoms with van der Waals surface area (Å²) in [5, 5.41) is 0. The van der Waals surface area contributed by atoms with Gasteiger partial charge in [-0.3, -0.25) is 0 Å². The van der Waals surface area contributed by atoms with Gasteiger partial charge in [-0.15, -0.1) is 0 Å². The molecule has 0 aromatic heterocycles. The Morgan fingerprint density at radius 2 is 2.00 bits per heavy atom. The summed E-state index contributed by atoms with van der Waals surface area (Å²) in [5.41, 5.74) is 5.44. The molecule has 2 N–H and O–H groups in total. The minimum absolute atomic E-state index is 0.797. The third-order valence-corrected chi connectivity index (χ3v) is 2.81. The van der Waals surface area contributed by atoms with Crippen LogP contribution in [0.4, 0.5) is 0 Å². The van der Waals surface area contributed by atoms with Crippen LogP contribution < -0.4 is 5.73 Å². The van der Waals surface area contributed by atoms with E-state index < -0.39 is 0 Å². The molecule has 56 valence electrons. The van der Waals surface area contributed by atoms with Gasteiger partial charge in [0.15, 0.2) is 0 Å². The predicted octanol–water partition coefficient (Wildman–Crippen LogP) is 2.04. The van der Waals surface area contributed by atoms with Crippen molar-refractivity contribution in [2.24, 2.45) is 17.6 Å². The van der Waals surface area contributed by atoms with Crippen molar-refractivity contribution in [1.82, 2.24) is 0 Å². The fourth-order valence-electron chi connectivity index (χ4n) is 0.803. The predicted molar refractivity (Wildman–Crippen MR) is 50.9 cm³/mol. The normalized spacial score (nSPS) is 14.3. The highest BCUT2D eigenvalue weighted by molar-refractivity contribution is 14.1. The average molecular weight is 241 g/mol. The number of hydrogen-bond donors (Lipinski definition) is 1. The molecule has 0 saturated heterocycles. The Morgan fingerprint density at radius 1 is 1.44 bits per heavy atom. The molecule has 0 aliphatic carbocycles. The zero-order valence-corrected chi connectivity index (χ0v) is 8.39. The molecule has 0 spiro atoms. The Hall–Kier alpha value is 0.690. The Balaban J connectivity index is 3.41. The van der Waals surface area contributed by atoms with Crippen molar-refractivity contribution in [3.8, 4) is 0 Å². The number of rotatable bonds is 4. The maximum Gasteiger partial charge on any atom is 0.00266 e. The van der Waals surface area contributed by atoms with E-state index >= 15 is 0 Å². The maximum absolute atomic E-state index is 5.44. The van der Waals surface area contributed by atoms with Gasteiger partial charge in [0.25, 0.3) is 0 Å². The monoisotopic (exact) mass is 241 g/mol. The summed E-state index contributed by atoms with van der Waals surface area (Å²) in [6, 6.07) is 0. The van der Waals surface area contributed by atoms with E-state index in [4.69, 9.17) is 5.73 Å². The van der Waals surface area contributed by atoms with Crippen LogP contribution in [0.1, 0.15) is 20.3 Å². The highest BCUT2D eigenvalue weighted by Crippen LogP contribution is 2.16.